The molecule has 8 nitrogen and oxygen atoms in total. The van der Waals surface area contributed by atoms with Crippen LogP contribution in [-0.2, 0) is 11.3 Å². The fourth-order valence-electron chi connectivity index (χ4n) is 3.84. The van der Waals surface area contributed by atoms with E-state index in [9.17, 15) is 19.8 Å². The van der Waals surface area contributed by atoms with Crippen molar-refractivity contribution in [2.45, 2.75) is 51.8 Å². The Morgan fingerprint density at radius 3 is 2.55 bits per heavy atom. The number of carboxylic acid groups (broad SMARTS) is 1. The van der Waals surface area contributed by atoms with Gasteiger partial charge in [0, 0.05) is 24.2 Å². The predicted molar refractivity (Wildman–Crippen MR) is 109 cm³/mol. The number of rotatable bonds is 4. The molecule has 154 valence electrons. The lowest BCUT2D eigenvalue weighted by atomic mass is 10.0. The molecular formula is C21H26N4O4. The van der Waals surface area contributed by atoms with Crippen LogP contribution < -0.4 is 9.80 Å². The lowest BCUT2D eigenvalue weighted by Crippen LogP contribution is -2.52. The van der Waals surface area contributed by atoms with Crippen molar-refractivity contribution in [3.63, 3.8) is 0 Å². The zero-order valence-electron chi connectivity index (χ0n) is 16.9. The number of fused-ring (bicyclic) bond motifs is 1. The number of hydrogen-bond donors (Lipinski definition) is 2. The SMILES string of the molecule is C[C@H]1CN(C(=O)O)c2cc(-c3cnn(CC(C)(C)O)c3)ccc2N1C(=O)C1CC1. The second kappa shape index (κ2) is 6.88. The van der Waals surface area contributed by atoms with Gasteiger partial charge < -0.3 is 15.1 Å². The average molecular weight is 398 g/mol. The first-order valence-corrected chi connectivity index (χ1v) is 9.87. The molecule has 0 saturated heterocycles. The molecule has 0 radical (unpaired) electrons. The summed E-state index contributed by atoms with van der Waals surface area (Å²) >= 11 is 0. The molecule has 4 rings (SSSR count). The minimum Gasteiger partial charge on any atom is -0.465 e. The second-order valence-corrected chi connectivity index (χ2v) is 8.67. The fraction of sp³-hybridized carbons (Fsp3) is 0.476. The van der Waals surface area contributed by atoms with Gasteiger partial charge in [0.05, 0.1) is 35.8 Å². The molecule has 1 aromatic heterocycles. The van der Waals surface area contributed by atoms with Crippen molar-refractivity contribution in [1.29, 1.82) is 0 Å². The van der Waals surface area contributed by atoms with E-state index in [0.717, 1.165) is 24.0 Å². The smallest absolute Gasteiger partial charge is 0.411 e. The normalized spacial score (nSPS) is 19.2. The van der Waals surface area contributed by atoms with Crippen LogP contribution in [0.2, 0.25) is 0 Å². The van der Waals surface area contributed by atoms with Crippen LogP contribution in [0.5, 0.6) is 0 Å². The van der Waals surface area contributed by atoms with Gasteiger partial charge in [-0.2, -0.15) is 5.10 Å². The third-order valence-corrected chi connectivity index (χ3v) is 5.32. The Kier molecular flexibility index (Phi) is 4.61. The zero-order valence-corrected chi connectivity index (χ0v) is 16.9. The third-order valence-electron chi connectivity index (χ3n) is 5.32. The molecule has 29 heavy (non-hydrogen) atoms. The van der Waals surface area contributed by atoms with E-state index < -0.39 is 11.7 Å². The molecule has 1 aromatic carbocycles. The Balaban J connectivity index is 1.72. The van der Waals surface area contributed by atoms with Crippen LogP contribution in [0.4, 0.5) is 16.2 Å². The van der Waals surface area contributed by atoms with Gasteiger partial charge in [0.25, 0.3) is 0 Å². The summed E-state index contributed by atoms with van der Waals surface area (Å²) in [4.78, 5) is 27.8. The summed E-state index contributed by atoms with van der Waals surface area (Å²) in [6.45, 7) is 5.89. The first kappa shape index (κ1) is 19.4. The average Bonchev–Trinajstić information content (AvgIpc) is 3.39. The van der Waals surface area contributed by atoms with Crippen LogP contribution >= 0.6 is 0 Å². The molecule has 1 aliphatic heterocycles. The lowest BCUT2D eigenvalue weighted by Gasteiger charge is -2.40. The predicted octanol–water partition coefficient (Wildman–Crippen LogP) is 2.95. The molecule has 0 spiro atoms. The summed E-state index contributed by atoms with van der Waals surface area (Å²) in [5.74, 6) is 0.135. The van der Waals surface area contributed by atoms with Gasteiger partial charge in [-0.25, -0.2) is 4.79 Å². The minimum atomic E-state index is -1.04. The number of aliphatic hydroxyl groups is 1. The second-order valence-electron chi connectivity index (χ2n) is 8.67. The summed E-state index contributed by atoms with van der Waals surface area (Å²) in [5, 5.41) is 24.0. The number of amides is 2. The van der Waals surface area contributed by atoms with Crippen LogP contribution in [0, 0.1) is 5.92 Å². The molecule has 0 unspecified atom stereocenters. The third kappa shape index (κ3) is 3.85. The number of nitrogens with zero attached hydrogens (tertiary/aromatic N) is 4. The summed E-state index contributed by atoms with van der Waals surface area (Å²) in [7, 11) is 0. The van der Waals surface area contributed by atoms with E-state index >= 15 is 0 Å². The molecule has 2 amide bonds. The van der Waals surface area contributed by atoms with E-state index in [-0.39, 0.29) is 24.4 Å². The lowest BCUT2D eigenvalue weighted by molar-refractivity contribution is -0.120. The molecule has 1 atom stereocenters. The van der Waals surface area contributed by atoms with Crippen molar-refractivity contribution in [2.24, 2.45) is 5.92 Å². The Morgan fingerprint density at radius 2 is 1.93 bits per heavy atom. The van der Waals surface area contributed by atoms with Gasteiger partial charge >= 0.3 is 6.09 Å². The zero-order chi connectivity index (χ0) is 20.9. The van der Waals surface area contributed by atoms with Crippen LogP contribution in [0.1, 0.15) is 33.6 Å². The fourth-order valence-corrected chi connectivity index (χ4v) is 3.84. The highest BCUT2D eigenvalue weighted by molar-refractivity contribution is 6.04. The van der Waals surface area contributed by atoms with E-state index in [1.165, 1.54) is 4.90 Å². The number of hydrogen-bond acceptors (Lipinski definition) is 4. The summed E-state index contributed by atoms with van der Waals surface area (Å²) in [6.07, 6.45) is 4.28. The van der Waals surface area contributed by atoms with Crippen molar-refractivity contribution < 1.29 is 19.8 Å². The van der Waals surface area contributed by atoms with Crippen LogP contribution in [0.15, 0.2) is 30.6 Å². The van der Waals surface area contributed by atoms with Crippen molar-refractivity contribution in [1.82, 2.24) is 9.78 Å². The maximum absolute atomic E-state index is 12.8. The highest BCUT2D eigenvalue weighted by Crippen LogP contribution is 2.42. The monoisotopic (exact) mass is 398 g/mol. The van der Waals surface area contributed by atoms with Crippen molar-refractivity contribution >= 4 is 23.4 Å². The first-order chi connectivity index (χ1) is 13.6. The van der Waals surface area contributed by atoms with E-state index in [0.29, 0.717) is 17.9 Å². The Hall–Kier alpha value is -2.87. The molecular weight excluding hydrogens is 372 g/mol. The van der Waals surface area contributed by atoms with Gasteiger partial charge in [-0.3, -0.25) is 14.4 Å². The number of anilines is 2. The van der Waals surface area contributed by atoms with E-state index in [4.69, 9.17) is 0 Å². The maximum atomic E-state index is 12.8. The van der Waals surface area contributed by atoms with Crippen molar-refractivity contribution in [2.75, 3.05) is 16.3 Å². The standard InChI is InChI=1S/C21H26N4O4/c1-13-10-24(20(27)28)18-8-15(16-9-22-23(11-16)12-21(2,3)29)6-7-17(18)25(13)19(26)14-4-5-14/h6-9,11,13-14,29H,4-5,10,12H2,1-3H3,(H,27,28)/t13-/m0/s1. The maximum Gasteiger partial charge on any atom is 0.411 e. The molecule has 1 saturated carbocycles. The molecule has 0 bridgehead atoms. The summed E-state index contributed by atoms with van der Waals surface area (Å²) < 4.78 is 1.66. The first-order valence-electron chi connectivity index (χ1n) is 9.87. The van der Waals surface area contributed by atoms with Crippen LogP contribution in [-0.4, -0.2) is 50.2 Å². The largest absolute Gasteiger partial charge is 0.465 e. The topological polar surface area (TPSA) is 98.9 Å². The van der Waals surface area contributed by atoms with Crippen molar-refractivity contribution in [3.05, 3.63) is 30.6 Å². The number of benzene rings is 1. The van der Waals surface area contributed by atoms with Gasteiger partial charge in [0.2, 0.25) is 5.91 Å². The van der Waals surface area contributed by atoms with Gasteiger partial charge in [-0.1, -0.05) is 6.07 Å². The van der Waals surface area contributed by atoms with Crippen LogP contribution in [0.3, 0.4) is 0 Å². The van der Waals surface area contributed by atoms with Gasteiger partial charge in [-0.15, -0.1) is 0 Å². The number of carbonyl (C=O) groups excluding carboxylic acids is 1. The molecule has 1 fully saturated rings. The molecule has 2 heterocycles. The van der Waals surface area contributed by atoms with E-state index in [2.05, 4.69) is 5.10 Å². The molecule has 2 aromatic rings. The highest BCUT2D eigenvalue weighted by atomic mass is 16.4. The quantitative estimate of drug-likeness (QED) is 0.825. The number of carbonyl (C=O) groups is 2. The van der Waals surface area contributed by atoms with Crippen LogP contribution in [0.25, 0.3) is 11.1 Å². The molecule has 2 aliphatic rings. The van der Waals surface area contributed by atoms with Gasteiger partial charge in [0.15, 0.2) is 0 Å². The van der Waals surface area contributed by atoms with Gasteiger partial charge in [-0.05, 0) is 51.3 Å². The summed E-state index contributed by atoms with van der Waals surface area (Å²) in [5.41, 5.74) is 1.89. The highest BCUT2D eigenvalue weighted by Gasteiger charge is 2.41. The van der Waals surface area contributed by atoms with Gasteiger partial charge in [0.1, 0.15) is 0 Å². The van der Waals surface area contributed by atoms with E-state index in [1.807, 2.05) is 25.3 Å². The molecule has 8 heteroatoms. The molecule has 1 aliphatic carbocycles. The molecule has 2 N–H and O–H groups in total. The minimum absolute atomic E-state index is 0.0569. The number of aromatic nitrogens is 2. The Labute approximate surface area is 169 Å². The summed E-state index contributed by atoms with van der Waals surface area (Å²) in [6, 6.07) is 5.29. The Morgan fingerprint density at radius 1 is 1.21 bits per heavy atom. The Bertz CT molecular complexity index is 958. The van der Waals surface area contributed by atoms with Crippen molar-refractivity contribution in [3.8, 4) is 11.1 Å². The van der Waals surface area contributed by atoms with E-state index in [1.54, 1.807) is 35.7 Å².